The van der Waals surface area contributed by atoms with E-state index in [4.69, 9.17) is 14.7 Å². The van der Waals surface area contributed by atoms with Crippen molar-refractivity contribution in [1.82, 2.24) is 0 Å². The number of esters is 1. The van der Waals surface area contributed by atoms with Crippen molar-refractivity contribution in [1.29, 1.82) is 5.26 Å². The van der Waals surface area contributed by atoms with Gasteiger partial charge in [-0.3, -0.25) is 4.79 Å². The fourth-order valence-corrected chi connectivity index (χ4v) is 1.05. The van der Waals surface area contributed by atoms with Gasteiger partial charge in [-0.15, -0.1) is 0 Å². The van der Waals surface area contributed by atoms with Gasteiger partial charge < -0.3 is 9.47 Å². The molecule has 1 rings (SSSR count). The Bertz CT molecular complexity index is 432. The molecule has 0 heterocycles. The molecule has 0 saturated heterocycles. The highest BCUT2D eigenvalue weighted by molar-refractivity contribution is 5.75. The van der Waals surface area contributed by atoms with Gasteiger partial charge in [-0.1, -0.05) is 13.8 Å². The third kappa shape index (κ3) is 2.74. The summed E-state index contributed by atoms with van der Waals surface area (Å²) in [6.07, 6.45) is 0. The lowest BCUT2D eigenvalue weighted by Crippen LogP contribution is -2.15. The van der Waals surface area contributed by atoms with E-state index in [1.165, 1.54) is 13.2 Å². The second-order valence-electron chi connectivity index (χ2n) is 3.55. The third-order valence-electron chi connectivity index (χ3n) is 1.97. The Morgan fingerprint density at radius 1 is 1.38 bits per heavy atom. The van der Waals surface area contributed by atoms with E-state index in [1.807, 2.05) is 6.07 Å². The molecule has 4 nitrogen and oxygen atoms in total. The van der Waals surface area contributed by atoms with Gasteiger partial charge in [0.25, 0.3) is 0 Å². The van der Waals surface area contributed by atoms with Crippen molar-refractivity contribution in [2.75, 3.05) is 7.11 Å². The molecule has 0 atom stereocenters. The predicted molar refractivity (Wildman–Crippen MR) is 58.2 cm³/mol. The van der Waals surface area contributed by atoms with Gasteiger partial charge in [0.05, 0.1) is 24.7 Å². The van der Waals surface area contributed by atoms with Gasteiger partial charge >= 0.3 is 5.97 Å². The van der Waals surface area contributed by atoms with E-state index < -0.39 is 0 Å². The monoisotopic (exact) mass is 219 g/mol. The average Bonchev–Trinajstić information content (AvgIpc) is 2.29. The first-order chi connectivity index (χ1) is 7.58. The lowest BCUT2D eigenvalue weighted by atomic mass is 10.2. The molecule has 0 bridgehead atoms. The highest BCUT2D eigenvalue weighted by Gasteiger charge is 2.13. The zero-order chi connectivity index (χ0) is 12.1. The molecule has 0 saturated carbocycles. The standard InChI is InChI=1S/C12H13NO3/c1-8(2)12(14)16-10-5-4-9(7-13)6-11(10)15-3/h4-6,8H,1-3H3. The summed E-state index contributed by atoms with van der Waals surface area (Å²) in [7, 11) is 1.46. The summed E-state index contributed by atoms with van der Waals surface area (Å²) in [6.45, 7) is 3.50. The van der Waals surface area contributed by atoms with Gasteiger partial charge in [0, 0.05) is 6.07 Å². The fraction of sp³-hybridized carbons (Fsp3) is 0.333. The van der Waals surface area contributed by atoms with Crippen molar-refractivity contribution in [3.63, 3.8) is 0 Å². The maximum atomic E-state index is 11.4. The lowest BCUT2D eigenvalue weighted by Gasteiger charge is -2.10. The first-order valence-electron chi connectivity index (χ1n) is 4.88. The summed E-state index contributed by atoms with van der Waals surface area (Å²) in [5.74, 6) is 0.177. The van der Waals surface area contributed by atoms with Gasteiger partial charge in [0.2, 0.25) is 0 Å². The van der Waals surface area contributed by atoms with Gasteiger partial charge in [-0.05, 0) is 12.1 Å². The number of hydrogen-bond donors (Lipinski definition) is 0. The maximum Gasteiger partial charge on any atom is 0.313 e. The topological polar surface area (TPSA) is 59.3 Å². The van der Waals surface area contributed by atoms with Crippen LogP contribution in [0.25, 0.3) is 0 Å². The molecule has 84 valence electrons. The molecule has 1 aromatic rings. The van der Waals surface area contributed by atoms with Crippen LogP contribution in [-0.2, 0) is 4.79 Å². The summed E-state index contributed by atoms with van der Waals surface area (Å²) in [5, 5.41) is 8.71. The molecular formula is C12H13NO3. The second kappa shape index (κ2) is 5.17. The van der Waals surface area contributed by atoms with Crippen molar-refractivity contribution in [3.8, 4) is 17.6 Å². The van der Waals surface area contributed by atoms with Crippen LogP contribution in [0.15, 0.2) is 18.2 Å². The van der Waals surface area contributed by atoms with Crippen molar-refractivity contribution >= 4 is 5.97 Å². The fourth-order valence-electron chi connectivity index (χ4n) is 1.05. The summed E-state index contributed by atoms with van der Waals surface area (Å²) in [4.78, 5) is 11.4. The lowest BCUT2D eigenvalue weighted by molar-refractivity contribution is -0.137. The smallest absolute Gasteiger partial charge is 0.313 e. The van der Waals surface area contributed by atoms with E-state index in [0.717, 1.165) is 0 Å². The Kier molecular flexibility index (Phi) is 3.90. The van der Waals surface area contributed by atoms with Crippen molar-refractivity contribution in [2.24, 2.45) is 5.92 Å². The number of nitrogens with zero attached hydrogens (tertiary/aromatic N) is 1. The number of hydrogen-bond acceptors (Lipinski definition) is 4. The maximum absolute atomic E-state index is 11.4. The van der Waals surface area contributed by atoms with Crippen LogP contribution in [0.1, 0.15) is 19.4 Å². The Morgan fingerprint density at radius 2 is 2.06 bits per heavy atom. The number of methoxy groups -OCH3 is 1. The summed E-state index contributed by atoms with van der Waals surface area (Å²) >= 11 is 0. The second-order valence-corrected chi connectivity index (χ2v) is 3.55. The van der Waals surface area contributed by atoms with Gasteiger partial charge in [-0.25, -0.2) is 0 Å². The van der Waals surface area contributed by atoms with Gasteiger partial charge in [0.15, 0.2) is 11.5 Å². The number of rotatable bonds is 3. The molecular weight excluding hydrogens is 206 g/mol. The SMILES string of the molecule is COc1cc(C#N)ccc1OC(=O)C(C)C. The average molecular weight is 219 g/mol. The molecule has 0 unspecified atom stereocenters. The molecule has 0 radical (unpaired) electrons. The molecule has 0 aromatic heterocycles. The minimum atomic E-state index is -0.331. The summed E-state index contributed by atoms with van der Waals surface area (Å²) in [5.41, 5.74) is 0.459. The van der Waals surface area contributed by atoms with Crippen LogP contribution in [0.4, 0.5) is 0 Å². The van der Waals surface area contributed by atoms with E-state index in [2.05, 4.69) is 0 Å². The molecule has 0 aliphatic carbocycles. The van der Waals surface area contributed by atoms with E-state index >= 15 is 0 Å². The Labute approximate surface area is 94.4 Å². The first kappa shape index (κ1) is 12.1. The largest absolute Gasteiger partial charge is 0.493 e. The number of ether oxygens (including phenoxy) is 2. The van der Waals surface area contributed by atoms with Crippen molar-refractivity contribution in [2.45, 2.75) is 13.8 Å². The zero-order valence-corrected chi connectivity index (χ0v) is 9.48. The van der Waals surface area contributed by atoms with Crippen LogP contribution in [0.2, 0.25) is 0 Å². The Hall–Kier alpha value is -2.02. The molecule has 0 N–H and O–H groups in total. The highest BCUT2D eigenvalue weighted by Crippen LogP contribution is 2.28. The zero-order valence-electron chi connectivity index (χ0n) is 9.48. The number of carbonyl (C=O) groups excluding carboxylic acids is 1. The Morgan fingerprint density at radius 3 is 2.56 bits per heavy atom. The minimum Gasteiger partial charge on any atom is -0.493 e. The van der Waals surface area contributed by atoms with Gasteiger partial charge in [-0.2, -0.15) is 5.26 Å². The molecule has 0 aliphatic rings. The van der Waals surface area contributed by atoms with E-state index in [1.54, 1.807) is 26.0 Å². The van der Waals surface area contributed by atoms with Crippen molar-refractivity contribution in [3.05, 3.63) is 23.8 Å². The molecule has 1 aromatic carbocycles. The number of nitriles is 1. The van der Waals surface area contributed by atoms with Gasteiger partial charge in [0.1, 0.15) is 0 Å². The Balaban J connectivity index is 2.97. The number of benzene rings is 1. The minimum absolute atomic E-state index is 0.208. The van der Waals surface area contributed by atoms with E-state index in [0.29, 0.717) is 17.1 Å². The third-order valence-corrected chi connectivity index (χ3v) is 1.97. The normalized spacial score (nSPS) is 9.69. The van der Waals surface area contributed by atoms with Crippen LogP contribution in [-0.4, -0.2) is 13.1 Å². The van der Waals surface area contributed by atoms with Crippen LogP contribution < -0.4 is 9.47 Å². The summed E-state index contributed by atoms with van der Waals surface area (Å²) < 4.78 is 10.2. The van der Waals surface area contributed by atoms with Crippen LogP contribution in [0.5, 0.6) is 11.5 Å². The molecule has 0 fully saturated rings. The first-order valence-corrected chi connectivity index (χ1v) is 4.88. The van der Waals surface area contributed by atoms with Crippen LogP contribution in [0, 0.1) is 17.2 Å². The quantitative estimate of drug-likeness (QED) is 0.577. The molecule has 4 heteroatoms. The molecule has 0 amide bonds. The molecule has 0 spiro atoms. The van der Waals surface area contributed by atoms with Crippen molar-refractivity contribution < 1.29 is 14.3 Å². The van der Waals surface area contributed by atoms with E-state index in [9.17, 15) is 4.79 Å². The van der Waals surface area contributed by atoms with E-state index in [-0.39, 0.29) is 11.9 Å². The summed E-state index contributed by atoms with van der Waals surface area (Å²) in [6, 6.07) is 6.64. The molecule has 0 aliphatic heterocycles. The highest BCUT2D eigenvalue weighted by atomic mass is 16.6. The molecule has 16 heavy (non-hydrogen) atoms. The van der Waals surface area contributed by atoms with Crippen LogP contribution in [0.3, 0.4) is 0 Å². The van der Waals surface area contributed by atoms with Crippen LogP contribution >= 0.6 is 0 Å². The number of carbonyl (C=O) groups is 1. The predicted octanol–water partition coefficient (Wildman–Crippen LogP) is 2.13.